The fraction of sp³-hybridized carbons (Fsp3) is 0.684. The second kappa shape index (κ2) is 7.42. The lowest BCUT2D eigenvalue weighted by Gasteiger charge is -2.34. The van der Waals surface area contributed by atoms with Crippen LogP contribution < -0.4 is 5.32 Å². The third-order valence-electron chi connectivity index (χ3n) is 5.13. The summed E-state index contributed by atoms with van der Waals surface area (Å²) in [6.07, 6.45) is 9.45. The van der Waals surface area contributed by atoms with Gasteiger partial charge in [0.25, 0.3) is 0 Å². The van der Waals surface area contributed by atoms with Crippen molar-refractivity contribution in [2.75, 3.05) is 13.2 Å². The highest BCUT2D eigenvalue weighted by atomic mass is 16.5. The third-order valence-corrected chi connectivity index (χ3v) is 5.13. The molecule has 116 valence electrons. The number of hydrogen-bond acceptors (Lipinski definition) is 2. The molecule has 3 unspecified atom stereocenters. The molecule has 0 aromatic heterocycles. The molecule has 0 spiro atoms. The first-order chi connectivity index (χ1) is 10.4. The molecule has 3 rings (SSSR count). The summed E-state index contributed by atoms with van der Waals surface area (Å²) in [6.45, 7) is 4.27. The average molecular weight is 287 g/mol. The van der Waals surface area contributed by atoms with Crippen molar-refractivity contribution in [2.24, 2.45) is 0 Å². The molecule has 0 radical (unpaired) electrons. The summed E-state index contributed by atoms with van der Waals surface area (Å²) < 4.78 is 5.88. The summed E-state index contributed by atoms with van der Waals surface area (Å²) >= 11 is 0. The third kappa shape index (κ3) is 3.87. The minimum absolute atomic E-state index is 0.522. The van der Waals surface area contributed by atoms with Gasteiger partial charge < -0.3 is 10.1 Å². The van der Waals surface area contributed by atoms with Crippen molar-refractivity contribution >= 4 is 0 Å². The minimum atomic E-state index is 0.522. The Kier molecular flexibility index (Phi) is 5.32. The SMILES string of the molecule is CCNC(CCC1CCCCO1)CC1Cc2ccccc21. The molecule has 1 saturated heterocycles. The van der Waals surface area contributed by atoms with Crippen molar-refractivity contribution in [3.63, 3.8) is 0 Å². The number of hydrogen-bond donors (Lipinski definition) is 1. The molecule has 2 aliphatic rings. The number of fused-ring (bicyclic) bond motifs is 1. The number of benzene rings is 1. The van der Waals surface area contributed by atoms with Crippen LogP contribution in [-0.4, -0.2) is 25.3 Å². The molecule has 1 aromatic carbocycles. The van der Waals surface area contributed by atoms with Crippen LogP contribution in [0.5, 0.6) is 0 Å². The molecule has 0 bridgehead atoms. The minimum Gasteiger partial charge on any atom is -0.378 e. The van der Waals surface area contributed by atoms with E-state index in [1.807, 2.05) is 0 Å². The highest BCUT2D eigenvalue weighted by Gasteiger charge is 2.28. The van der Waals surface area contributed by atoms with Gasteiger partial charge in [0.1, 0.15) is 0 Å². The quantitative estimate of drug-likeness (QED) is 0.817. The summed E-state index contributed by atoms with van der Waals surface area (Å²) in [5.41, 5.74) is 3.16. The Bertz CT molecular complexity index is 439. The van der Waals surface area contributed by atoms with Crippen LogP contribution in [0.15, 0.2) is 24.3 Å². The van der Waals surface area contributed by atoms with E-state index in [1.54, 1.807) is 11.1 Å². The molecular weight excluding hydrogens is 258 g/mol. The smallest absolute Gasteiger partial charge is 0.0575 e. The van der Waals surface area contributed by atoms with E-state index >= 15 is 0 Å². The van der Waals surface area contributed by atoms with Crippen LogP contribution in [0.3, 0.4) is 0 Å². The lowest BCUT2D eigenvalue weighted by atomic mass is 9.74. The Balaban J connectivity index is 1.48. The van der Waals surface area contributed by atoms with E-state index in [-0.39, 0.29) is 0 Å². The zero-order valence-electron chi connectivity index (χ0n) is 13.3. The molecule has 2 nitrogen and oxygen atoms in total. The largest absolute Gasteiger partial charge is 0.378 e. The molecular formula is C19H29NO. The Labute approximate surface area is 129 Å². The van der Waals surface area contributed by atoms with Gasteiger partial charge >= 0.3 is 0 Å². The molecule has 1 aliphatic heterocycles. The molecule has 1 heterocycles. The monoisotopic (exact) mass is 287 g/mol. The zero-order valence-corrected chi connectivity index (χ0v) is 13.3. The van der Waals surface area contributed by atoms with Gasteiger partial charge in [-0.15, -0.1) is 0 Å². The average Bonchev–Trinajstić information content (AvgIpc) is 2.51. The molecule has 21 heavy (non-hydrogen) atoms. The van der Waals surface area contributed by atoms with Gasteiger partial charge in [0.05, 0.1) is 6.10 Å². The second-order valence-electron chi connectivity index (χ2n) is 6.66. The van der Waals surface area contributed by atoms with E-state index in [0.29, 0.717) is 12.1 Å². The fourth-order valence-corrected chi connectivity index (χ4v) is 3.93. The van der Waals surface area contributed by atoms with Crippen LogP contribution in [0.2, 0.25) is 0 Å². The molecule has 2 heteroatoms. The van der Waals surface area contributed by atoms with Crippen LogP contribution >= 0.6 is 0 Å². The Morgan fingerprint density at radius 3 is 2.95 bits per heavy atom. The normalized spacial score (nSPS) is 26.0. The molecule has 0 saturated carbocycles. The van der Waals surface area contributed by atoms with Crippen LogP contribution in [0, 0.1) is 0 Å². The highest BCUT2D eigenvalue weighted by molar-refractivity contribution is 5.39. The van der Waals surface area contributed by atoms with Gasteiger partial charge in [0.15, 0.2) is 0 Å². The Morgan fingerprint density at radius 1 is 1.29 bits per heavy atom. The molecule has 1 aromatic rings. The maximum atomic E-state index is 5.88. The maximum absolute atomic E-state index is 5.88. The van der Waals surface area contributed by atoms with Crippen molar-refractivity contribution in [3.8, 4) is 0 Å². The van der Waals surface area contributed by atoms with Gasteiger partial charge in [-0.3, -0.25) is 0 Å². The lowest BCUT2D eigenvalue weighted by molar-refractivity contribution is 0.00831. The maximum Gasteiger partial charge on any atom is 0.0575 e. The van der Waals surface area contributed by atoms with E-state index in [0.717, 1.165) is 19.1 Å². The molecule has 1 N–H and O–H groups in total. The topological polar surface area (TPSA) is 21.3 Å². The number of ether oxygens (including phenoxy) is 1. The summed E-state index contributed by atoms with van der Waals surface area (Å²) in [6, 6.07) is 9.60. The number of rotatable bonds is 7. The van der Waals surface area contributed by atoms with Gasteiger partial charge in [0.2, 0.25) is 0 Å². The van der Waals surface area contributed by atoms with Crippen molar-refractivity contribution in [1.29, 1.82) is 0 Å². The van der Waals surface area contributed by atoms with Gasteiger partial charge in [-0.2, -0.15) is 0 Å². The predicted molar refractivity (Wildman–Crippen MR) is 87.8 cm³/mol. The predicted octanol–water partition coefficient (Wildman–Crippen LogP) is 4.04. The molecule has 3 atom stereocenters. The van der Waals surface area contributed by atoms with Crippen LogP contribution in [0.1, 0.15) is 62.5 Å². The van der Waals surface area contributed by atoms with Gasteiger partial charge in [-0.05, 0) is 68.5 Å². The Hall–Kier alpha value is -0.860. The van der Waals surface area contributed by atoms with Gasteiger partial charge in [-0.1, -0.05) is 31.2 Å². The van der Waals surface area contributed by atoms with Crippen molar-refractivity contribution in [3.05, 3.63) is 35.4 Å². The summed E-state index contributed by atoms with van der Waals surface area (Å²) in [5, 5.41) is 3.70. The first-order valence-corrected chi connectivity index (χ1v) is 8.79. The highest BCUT2D eigenvalue weighted by Crippen LogP contribution is 2.38. The van der Waals surface area contributed by atoms with E-state index in [2.05, 4.69) is 36.5 Å². The fourth-order valence-electron chi connectivity index (χ4n) is 3.93. The van der Waals surface area contributed by atoms with E-state index < -0.39 is 0 Å². The van der Waals surface area contributed by atoms with E-state index in [4.69, 9.17) is 4.74 Å². The van der Waals surface area contributed by atoms with E-state index in [1.165, 1.54) is 44.9 Å². The summed E-state index contributed by atoms with van der Waals surface area (Å²) in [5.74, 6) is 0.775. The Morgan fingerprint density at radius 2 is 2.19 bits per heavy atom. The summed E-state index contributed by atoms with van der Waals surface area (Å²) in [7, 11) is 0. The van der Waals surface area contributed by atoms with Gasteiger partial charge in [-0.25, -0.2) is 0 Å². The first-order valence-electron chi connectivity index (χ1n) is 8.79. The summed E-state index contributed by atoms with van der Waals surface area (Å²) in [4.78, 5) is 0. The van der Waals surface area contributed by atoms with Gasteiger partial charge in [0, 0.05) is 12.6 Å². The second-order valence-corrected chi connectivity index (χ2v) is 6.66. The zero-order chi connectivity index (χ0) is 14.5. The standard InChI is InChI=1S/C19H29NO/c1-2-20-17(10-11-18-8-5-6-12-21-18)14-16-13-15-7-3-4-9-19(15)16/h3-4,7,9,16-18,20H,2,5-6,8,10-14H2,1H3. The van der Waals surface area contributed by atoms with Crippen molar-refractivity contribution in [1.82, 2.24) is 5.32 Å². The molecule has 0 amide bonds. The number of nitrogens with one attached hydrogen (secondary N) is 1. The first kappa shape index (κ1) is 15.1. The molecule has 1 fully saturated rings. The van der Waals surface area contributed by atoms with Crippen molar-refractivity contribution in [2.45, 2.75) is 69.9 Å². The van der Waals surface area contributed by atoms with Crippen LogP contribution in [-0.2, 0) is 11.2 Å². The van der Waals surface area contributed by atoms with Crippen LogP contribution in [0.25, 0.3) is 0 Å². The van der Waals surface area contributed by atoms with E-state index in [9.17, 15) is 0 Å². The van der Waals surface area contributed by atoms with Crippen molar-refractivity contribution < 1.29 is 4.74 Å². The molecule has 1 aliphatic carbocycles. The lowest BCUT2D eigenvalue weighted by Crippen LogP contribution is -2.34. The van der Waals surface area contributed by atoms with Crippen LogP contribution in [0.4, 0.5) is 0 Å².